The monoisotopic (exact) mass is 363 g/mol. The zero-order valence-corrected chi connectivity index (χ0v) is 15.0. The molecule has 0 spiro atoms. The van der Waals surface area contributed by atoms with Crippen LogP contribution in [0, 0.1) is 11.8 Å². The zero-order chi connectivity index (χ0) is 18.1. The maximum Gasteiger partial charge on any atom is 0.221 e. The van der Waals surface area contributed by atoms with Gasteiger partial charge in [-0.3, -0.25) is 0 Å². The molecule has 1 aliphatic heterocycles. The summed E-state index contributed by atoms with van der Waals surface area (Å²) in [4.78, 5) is 14.5. The summed E-state index contributed by atoms with van der Waals surface area (Å²) in [5.74, 6) is 7.02. The topological polar surface area (TPSA) is 88.2 Å². The maximum absolute atomic E-state index is 10.5. The minimum absolute atomic E-state index is 0.256. The molecule has 3 heterocycles. The lowest BCUT2D eigenvalue weighted by atomic mass is 10.1. The molecule has 7 heteroatoms. The summed E-state index contributed by atoms with van der Waals surface area (Å²) in [5.41, 5.74) is 7.57. The van der Waals surface area contributed by atoms with Gasteiger partial charge < -0.3 is 15.7 Å². The average molecular weight is 363 g/mol. The molecule has 0 saturated carbocycles. The molecule has 0 aliphatic carbocycles. The molecule has 0 saturated heterocycles. The maximum atomic E-state index is 10.5. The summed E-state index contributed by atoms with van der Waals surface area (Å²) >= 11 is 1.39. The van der Waals surface area contributed by atoms with Crippen LogP contribution in [0.1, 0.15) is 23.1 Å². The van der Waals surface area contributed by atoms with Crippen molar-refractivity contribution in [3.8, 4) is 11.8 Å². The number of nitrogens with two attached hydrogens (primary N) is 1. The number of thiazole rings is 1. The Kier molecular flexibility index (Phi) is 4.07. The van der Waals surface area contributed by atoms with Gasteiger partial charge in [0.1, 0.15) is 10.8 Å². The van der Waals surface area contributed by atoms with Crippen molar-refractivity contribution in [2.45, 2.75) is 18.9 Å². The van der Waals surface area contributed by atoms with Gasteiger partial charge >= 0.3 is 0 Å². The Labute approximate surface area is 155 Å². The Bertz CT molecular complexity index is 1000. The van der Waals surface area contributed by atoms with Gasteiger partial charge in [-0.1, -0.05) is 17.9 Å². The van der Waals surface area contributed by atoms with Crippen molar-refractivity contribution < 1.29 is 5.11 Å². The zero-order valence-electron chi connectivity index (χ0n) is 14.2. The van der Waals surface area contributed by atoms with Crippen molar-refractivity contribution in [1.29, 1.82) is 0 Å². The fraction of sp³-hybridized carbons (Fsp3) is 0.211. The number of anilines is 3. The lowest BCUT2D eigenvalue weighted by molar-refractivity contribution is 0.122. The van der Waals surface area contributed by atoms with Crippen molar-refractivity contribution in [2.75, 3.05) is 17.2 Å². The third-order valence-corrected chi connectivity index (χ3v) is 5.20. The second kappa shape index (κ2) is 6.41. The smallest absolute Gasteiger partial charge is 0.221 e. The van der Waals surface area contributed by atoms with Gasteiger partial charge in [0, 0.05) is 35.6 Å². The van der Waals surface area contributed by atoms with Crippen molar-refractivity contribution in [3.63, 3.8) is 0 Å². The van der Waals surface area contributed by atoms with Crippen LogP contribution in [0.5, 0.6) is 0 Å². The Morgan fingerprint density at radius 2 is 2.15 bits per heavy atom. The van der Waals surface area contributed by atoms with E-state index in [1.54, 1.807) is 19.3 Å². The van der Waals surface area contributed by atoms with Crippen LogP contribution >= 0.6 is 11.3 Å². The van der Waals surface area contributed by atoms with Crippen molar-refractivity contribution >= 4 is 28.8 Å². The van der Waals surface area contributed by atoms with Crippen LogP contribution < -0.4 is 10.6 Å². The molecular formula is C19H17N5OS. The van der Waals surface area contributed by atoms with Crippen LogP contribution in [-0.2, 0) is 12.0 Å². The van der Waals surface area contributed by atoms with Crippen LogP contribution in [0.3, 0.4) is 0 Å². The molecular weight excluding hydrogens is 346 g/mol. The fourth-order valence-electron chi connectivity index (χ4n) is 2.92. The largest absolute Gasteiger partial charge is 0.371 e. The molecule has 0 fully saturated rings. The highest BCUT2D eigenvalue weighted by Crippen LogP contribution is 2.34. The Balaban J connectivity index is 1.66. The first-order valence-electron chi connectivity index (χ1n) is 8.17. The molecule has 0 bridgehead atoms. The molecule has 0 unspecified atom stereocenters. The summed E-state index contributed by atoms with van der Waals surface area (Å²) in [6, 6.07) is 7.91. The summed E-state index contributed by atoms with van der Waals surface area (Å²) in [5, 5.41) is 12.9. The van der Waals surface area contributed by atoms with E-state index in [1.165, 1.54) is 16.9 Å². The van der Waals surface area contributed by atoms with E-state index in [0.29, 0.717) is 5.01 Å². The molecule has 1 aliphatic rings. The van der Waals surface area contributed by atoms with E-state index < -0.39 is 5.60 Å². The number of benzene rings is 1. The highest BCUT2D eigenvalue weighted by atomic mass is 32.1. The quantitative estimate of drug-likeness (QED) is 0.680. The lowest BCUT2D eigenvalue weighted by Gasteiger charge is -2.18. The van der Waals surface area contributed by atoms with Crippen LogP contribution in [0.4, 0.5) is 17.5 Å². The van der Waals surface area contributed by atoms with E-state index in [1.807, 2.05) is 23.6 Å². The SMILES string of the molecule is C[C@](O)(C#Cc1ccc2c(c1)N(c1ccnc(N)n1)CC2)c1nccs1. The summed E-state index contributed by atoms with van der Waals surface area (Å²) in [6.45, 7) is 2.49. The predicted octanol–water partition coefficient (Wildman–Crippen LogP) is 2.47. The van der Waals surface area contributed by atoms with Crippen molar-refractivity contribution in [1.82, 2.24) is 15.0 Å². The number of rotatable bonds is 2. The fourth-order valence-corrected chi connectivity index (χ4v) is 3.57. The van der Waals surface area contributed by atoms with Gasteiger partial charge in [-0.2, -0.15) is 4.98 Å². The molecule has 1 atom stereocenters. The molecule has 2 aromatic heterocycles. The summed E-state index contributed by atoms with van der Waals surface area (Å²) in [7, 11) is 0. The van der Waals surface area contributed by atoms with E-state index in [9.17, 15) is 5.11 Å². The molecule has 0 radical (unpaired) electrons. The molecule has 6 nitrogen and oxygen atoms in total. The Morgan fingerprint density at radius 3 is 2.92 bits per heavy atom. The third-order valence-electron chi connectivity index (χ3n) is 4.22. The van der Waals surface area contributed by atoms with Crippen LogP contribution in [0.2, 0.25) is 0 Å². The second-order valence-electron chi connectivity index (χ2n) is 6.18. The van der Waals surface area contributed by atoms with Crippen LogP contribution in [0.15, 0.2) is 42.0 Å². The van der Waals surface area contributed by atoms with Gasteiger partial charge in [0.25, 0.3) is 0 Å². The number of aliphatic hydroxyl groups is 1. The van der Waals surface area contributed by atoms with Gasteiger partial charge in [-0.25, -0.2) is 9.97 Å². The van der Waals surface area contributed by atoms with Gasteiger partial charge in [0.15, 0.2) is 5.60 Å². The first-order chi connectivity index (χ1) is 12.5. The first-order valence-corrected chi connectivity index (χ1v) is 9.05. The van der Waals surface area contributed by atoms with E-state index in [-0.39, 0.29) is 5.95 Å². The number of fused-ring (bicyclic) bond motifs is 1. The average Bonchev–Trinajstić information content (AvgIpc) is 3.30. The van der Waals surface area contributed by atoms with Gasteiger partial charge in [0.05, 0.1) is 0 Å². The number of aromatic nitrogens is 3. The van der Waals surface area contributed by atoms with Crippen molar-refractivity contribution in [2.24, 2.45) is 0 Å². The molecule has 130 valence electrons. The van der Waals surface area contributed by atoms with Gasteiger partial charge in [0.2, 0.25) is 5.95 Å². The minimum atomic E-state index is -1.27. The molecule has 3 aromatic rings. The van der Waals surface area contributed by atoms with E-state index in [4.69, 9.17) is 5.73 Å². The molecule has 3 N–H and O–H groups in total. The van der Waals surface area contributed by atoms with Gasteiger partial charge in [-0.05, 0) is 37.1 Å². The summed E-state index contributed by atoms with van der Waals surface area (Å²) < 4.78 is 0. The van der Waals surface area contributed by atoms with E-state index in [0.717, 1.165) is 30.0 Å². The van der Waals surface area contributed by atoms with E-state index >= 15 is 0 Å². The number of hydrogen-bond acceptors (Lipinski definition) is 7. The predicted molar refractivity (Wildman–Crippen MR) is 102 cm³/mol. The summed E-state index contributed by atoms with van der Waals surface area (Å²) in [6.07, 6.45) is 4.26. The minimum Gasteiger partial charge on any atom is -0.371 e. The highest BCUT2D eigenvalue weighted by Gasteiger charge is 2.24. The number of nitrogens with zero attached hydrogens (tertiary/aromatic N) is 4. The lowest BCUT2D eigenvalue weighted by Crippen LogP contribution is -2.18. The first kappa shape index (κ1) is 16.5. The number of hydrogen-bond donors (Lipinski definition) is 2. The molecule has 26 heavy (non-hydrogen) atoms. The van der Waals surface area contributed by atoms with Crippen LogP contribution in [0.25, 0.3) is 0 Å². The van der Waals surface area contributed by atoms with Crippen molar-refractivity contribution in [3.05, 3.63) is 58.2 Å². The molecule has 0 amide bonds. The standard InChI is InChI=1S/C19H17N5OS/c1-19(25,17-21-9-11-26-17)7-4-13-2-3-14-6-10-24(15(14)12-13)16-5-8-22-18(20)23-16/h2-3,5,8-9,11-12,25H,6,10H2,1H3,(H2,20,22,23)/t19-/m0/s1. The van der Waals surface area contributed by atoms with E-state index in [2.05, 4.69) is 37.8 Å². The number of nitrogen functional groups attached to an aromatic ring is 1. The third kappa shape index (κ3) is 3.12. The Hall–Kier alpha value is -2.95. The molecule has 4 rings (SSSR count). The normalized spacial score (nSPS) is 15.1. The van der Waals surface area contributed by atoms with Crippen LogP contribution in [-0.4, -0.2) is 26.6 Å². The second-order valence-corrected chi connectivity index (χ2v) is 7.07. The highest BCUT2D eigenvalue weighted by molar-refractivity contribution is 7.09. The molecule has 1 aromatic carbocycles. The van der Waals surface area contributed by atoms with Gasteiger partial charge in [-0.15, -0.1) is 11.3 Å². The Morgan fingerprint density at radius 1 is 1.27 bits per heavy atom.